The molecule has 0 N–H and O–H groups in total. The lowest BCUT2D eigenvalue weighted by atomic mass is 9.82. The third-order valence-electron chi connectivity index (χ3n) is 13.6. The molecule has 0 aliphatic heterocycles. The Labute approximate surface area is 399 Å². The molecule has 3 nitrogen and oxygen atoms in total. The molecule has 0 bridgehead atoms. The van der Waals surface area contributed by atoms with Crippen LogP contribution in [0.4, 0.5) is 0 Å². The summed E-state index contributed by atoms with van der Waals surface area (Å²) in [6.45, 7) is 0. The minimum absolute atomic E-state index is 0.639. The van der Waals surface area contributed by atoms with E-state index in [0.717, 1.165) is 38.6 Å². The van der Waals surface area contributed by atoms with Gasteiger partial charge in [-0.15, -0.1) is 22.7 Å². The normalized spacial score (nSPS) is 11.8. The van der Waals surface area contributed by atoms with Crippen molar-refractivity contribution in [1.29, 1.82) is 0 Å². The first-order valence-electron chi connectivity index (χ1n) is 22.9. The number of aromatic nitrogens is 3. The Kier molecular flexibility index (Phi) is 8.94. The maximum absolute atomic E-state index is 5.64. The maximum Gasteiger partial charge on any atom is 0.165 e. The van der Waals surface area contributed by atoms with E-state index in [1.165, 1.54) is 84.1 Å². The molecule has 0 unspecified atom stereocenters. The molecule has 14 aromatic rings. The van der Waals surface area contributed by atoms with E-state index in [0.29, 0.717) is 17.5 Å². The van der Waals surface area contributed by atoms with Gasteiger partial charge in [0.1, 0.15) is 0 Å². The molecule has 11 aromatic carbocycles. The zero-order chi connectivity index (χ0) is 44.7. The van der Waals surface area contributed by atoms with Crippen LogP contribution in [-0.4, -0.2) is 15.0 Å². The van der Waals surface area contributed by atoms with Crippen LogP contribution in [0.2, 0.25) is 0 Å². The van der Waals surface area contributed by atoms with Gasteiger partial charge in [0.2, 0.25) is 0 Å². The van der Waals surface area contributed by atoms with Gasteiger partial charge in [0, 0.05) is 57.0 Å². The van der Waals surface area contributed by atoms with Crippen molar-refractivity contribution in [2.75, 3.05) is 0 Å². The second kappa shape index (κ2) is 15.6. The summed E-state index contributed by atoms with van der Waals surface area (Å²) in [4.78, 5) is 16.8. The van der Waals surface area contributed by atoms with E-state index < -0.39 is 0 Å². The van der Waals surface area contributed by atoms with Gasteiger partial charge in [-0.25, -0.2) is 15.0 Å². The zero-order valence-electron chi connectivity index (χ0n) is 36.5. The summed E-state index contributed by atoms with van der Waals surface area (Å²) in [7, 11) is 0. The van der Waals surface area contributed by atoms with Crippen molar-refractivity contribution in [3.05, 3.63) is 224 Å². The Bertz CT molecular complexity index is 4150. The Morgan fingerprint density at radius 3 is 1.22 bits per heavy atom. The lowest BCUT2D eigenvalue weighted by Gasteiger charge is -2.21. The van der Waals surface area contributed by atoms with Crippen molar-refractivity contribution in [3.8, 4) is 67.5 Å². The van der Waals surface area contributed by atoms with Gasteiger partial charge in [-0.05, 0) is 90.0 Å². The van der Waals surface area contributed by atoms with Crippen LogP contribution in [0, 0.1) is 0 Å². The fourth-order valence-electron chi connectivity index (χ4n) is 10.6. The Morgan fingerprint density at radius 1 is 0.235 bits per heavy atom. The lowest BCUT2D eigenvalue weighted by Crippen LogP contribution is -2.02. The summed E-state index contributed by atoms with van der Waals surface area (Å²) in [5.41, 5.74) is 10.0. The topological polar surface area (TPSA) is 38.7 Å². The maximum atomic E-state index is 5.64. The van der Waals surface area contributed by atoms with Gasteiger partial charge in [-0.1, -0.05) is 200 Å². The minimum Gasteiger partial charge on any atom is -0.208 e. The second-order valence-electron chi connectivity index (χ2n) is 17.3. The summed E-state index contributed by atoms with van der Waals surface area (Å²) >= 11 is 3.60. The van der Waals surface area contributed by atoms with Crippen molar-refractivity contribution in [3.63, 3.8) is 0 Å². The number of thiophene rings is 2. The molecule has 316 valence electrons. The van der Waals surface area contributed by atoms with Crippen LogP contribution in [0.3, 0.4) is 0 Å². The summed E-state index contributed by atoms with van der Waals surface area (Å²) in [6, 6.07) is 81.1. The lowest BCUT2D eigenvalue weighted by molar-refractivity contribution is 1.08. The first-order chi connectivity index (χ1) is 33.7. The Balaban J connectivity index is 1.10. The van der Waals surface area contributed by atoms with Gasteiger partial charge in [0.25, 0.3) is 0 Å². The minimum atomic E-state index is 0.639. The number of fused-ring (bicyclic) bond motifs is 9. The van der Waals surface area contributed by atoms with E-state index in [9.17, 15) is 0 Å². The molecule has 0 fully saturated rings. The highest BCUT2D eigenvalue weighted by atomic mass is 32.1. The smallest absolute Gasteiger partial charge is 0.165 e. The van der Waals surface area contributed by atoms with E-state index in [4.69, 9.17) is 15.0 Å². The Morgan fingerprint density at radius 2 is 0.647 bits per heavy atom. The van der Waals surface area contributed by atoms with Gasteiger partial charge in [-0.2, -0.15) is 0 Å². The van der Waals surface area contributed by atoms with Crippen LogP contribution < -0.4 is 0 Å². The molecule has 0 aliphatic rings. The first kappa shape index (κ1) is 38.9. The molecule has 0 saturated heterocycles. The van der Waals surface area contributed by atoms with Crippen molar-refractivity contribution >= 4 is 95.3 Å². The van der Waals surface area contributed by atoms with Gasteiger partial charge >= 0.3 is 0 Å². The molecule has 0 spiro atoms. The van der Waals surface area contributed by atoms with Gasteiger partial charge in [0.05, 0.1) is 0 Å². The SMILES string of the molecule is c1ccc(-c2ccccc2-c2c3ccccc3c(-c3ccc4ccccc4c3-c3nc(-c4cccc5c4sc4ccccc45)nc(-c4cccc5c4sc4ccccc45)n3)c3ccccc23)cc1. The predicted octanol–water partition coefficient (Wildman–Crippen LogP) is 18.1. The summed E-state index contributed by atoms with van der Waals surface area (Å²) in [5.74, 6) is 1.95. The van der Waals surface area contributed by atoms with Gasteiger partial charge in [0.15, 0.2) is 17.5 Å². The standard InChI is InChI=1S/C63H37N3S2/c1-2-18-38(19-3-1)40-21-6-7-25-44(40)56-45-26-8-10-28-47(45)57(48-29-11-9-27-46(48)56)51-37-36-39-20-4-5-22-41(39)58(51)63-65-61(52-32-16-30-49-42-23-12-14-34-54(42)67-59(49)52)64-62(66-63)53-33-17-31-50-43-24-13-15-35-55(43)68-60(50)53/h1-37H. The number of benzene rings is 11. The van der Waals surface area contributed by atoms with Crippen molar-refractivity contribution in [2.24, 2.45) is 0 Å². The van der Waals surface area contributed by atoms with Crippen LogP contribution in [-0.2, 0) is 0 Å². The van der Waals surface area contributed by atoms with Gasteiger partial charge in [-0.3, -0.25) is 0 Å². The number of hydrogen-bond donors (Lipinski definition) is 0. The average molecular weight is 900 g/mol. The zero-order valence-corrected chi connectivity index (χ0v) is 38.2. The molecule has 0 saturated carbocycles. The quantitative estimate of drug-likeness (QED) is 0.156. The highest BCUT2D eigenvalue weighted by Crippen LogP contribution is 2.50. The fourth-order valence-corrected chi connectivity index (χ4v) is 13.0. The van der Waals surface area contributed by atoms with E-state index in [1.54, 1.807) is 22.7 Å². The number of hydrogen-bond acceptors (Lipinski definition) is 5. The van der Waals surface area contributed by atoms with E-state index in [2.05, 4.69) is 224 Å². The molecule has 0 aliphatic carbocycles. The fraction of sp³-hybridized carbons (Fsp3) is 0. The molecule has 68 heavy (non-hydrogen) atoms. The molecule has 5 heteroatoms. The molecule has 14 rings (SSSR count). The second-order valence-corrected chi connectivity index (χ2v) is 19.4. The van der Waals surface area contributed by atoms with Crippen molar-refractivity contribution < 1.29 is 0 Å². The average Bonchev–Trinajstić information content (AvgIpc) is 3.99. The van der Waals surface area contributed by atoms with Crippen LogP contribution in [0.1, 0.15) is 0 Å². The molecular formula is C63H37N3S2. The molecule has 3 heterocycles. The summed E-state index contributed by atoms with van der Waals surface area (Å²) < 4.78 is 4.81. The number of rotatable bonds is 6. The summed E-state index contributed by atoms with van der Waals surface area (Å²) in [5, 5.41) is 11.8. The predicted molar refractivity (Wildman–Crippen MR) is 291 cm³/mol. The first-order valence-corrected chi connectivity index (χ1v) is 24.6. The highest BCUT2D eigenvalue weighted by Gasteiger charge is 2.25. The molecule has 0 amide bonds. The largest absolute Gasteiger partial charge is 0.208 e. The van der Waals surface area contributed by atoms with Crippen molar-refractivity contribution in [1.82, 2.24) is 15.0 Å². The molecule has 3 aromatic heterocycles. The Hall–Kier alpha value is -8.35. The molecular weight excluding hydrogens is 863 g/mol. The summed E-state index contributed by atoms with van der Waals surface area (Å²) in [6.07, 6.45) is 0. The van der Waals surface area contributed by atoms with E-state index in [-0.39, 0.29) is 0 Å². The third-order valence-corrected chi connectivity index (χ3v) is 16.0. The third kappa shape index (κ3) is 6.07. The van der Waals surface area contributed by atoms with Crippen LogP contribution in [0.5, 0.6) is 0 Å². The van der Waals surface area contributed by atoms with E-state index >= 15 is 0 Å². The van der Waals surface area contributed by atoms with Crippen molar-refractivity contribution in [2.45, 2.75) is 0 Å². The van der Waals surface area contributed by atoms with Crippen LogP contribution in [0.15, 0.2) is 224 Å². The van der Waals surface area contributed by atoms with Gasteiger partial charge < -0.3 is 0 Å². The molecule has 0 radical (unpaired) electrons. The van der Waals surface area contributed by atoms with E-state index in [1.807, 2.05) is 0 Å². The highest BCUT2D eigenvalue weighted by molar-refractivity contribution is 7.26. The van der Waals surface area contributed by atoms with Crippen LogP contribution >= 0.6 is 22.7 Å². The number of nitrogens with zero attached hydrogens (tertiary/aromatic N) is 3. The van der Waals surface area contributed by atoms with Crippen LogP contribution in [0.25, 0.3) is 140 Å². The monoisotopic (exact) mass is 899 g/mol. The molecule has 0 atom stereocenters.